The monoisotopic (exact) mass is 297 g/mol. The van der Waals surface area contributed by atoms with Crippen LogP contribution >= 0.6 is 0 Å². The Morgan fingerprint density at radius 3 is 2.77 bits per heavy atom. The van der Waals surface area contributed by atoms with E-state index in [4.69, 9.17) is 0 Å². The van der Waals surface area contributed by atoms with Crippen LogP contribution in [0.3, 0.4) is 0 Å². The molecular formula is C19H20FNO. The molecule has 0 aliphatic heterocycles. The SMILES string of the molecule is O=C(CCc1cccc(F)c1)Nc1cccc2c1CCCC2. The predicted molar refractivity (Wildman–Crippen MR) is 86.4 cm³/mol. The van der Waals surface area contributed by atoms with Gasteiger partial charge in [-0.1, -0.05) is 24.3 Å². The van der Waals surface area contributed by atoms with Crippen LogP contribution in [0.15, 0.2) is 42.5 Å². The van der Waals surface area contributed by atoms with E-state index in [1.807, 2.05) is 18.2 Å². The van der Waals surface area contributed by atoms with E-state index < -0.39 is 0 Å². The number of anilines is 1. The quantitative estimate of drug-likeness (QED) is 0.897. The first-order chi connectivity index (χ1) is 10.7. The first-order valence-corrected chi connectivity index (χ1v) is 7.87. The summed E-state index contributed by atoms with van der Waals surface area (Å²) >= 11 is 0. The molecule has 114 valence electrons. The second-order valence-corrected chi connectivity index (χ2v) is 5.83. The molecule has 1 N–H and O–H groups in total. The van der Waals surface area contributed by atoms with Crippen molar-refractivity contribution in [1.29, 1.82) is 0 Å². The third kappa shape index (κ3) is 3.53. The maximum atomic E-state index is 13.1. The van der Waals surface area contributed by atoms with Gasteiger partial charge >= 0.3 is 0 Å². The topological polar surface area (TPSA) is 29.1 Å². The highest BCUT2D eigenvalue weighted by Crippen LogP contribution is 2.27. The van der Waals surface area contributed by atoms with Crippen molar-refractivity contribution < 1.29 is 9.18 Å². The average Bonchev–Trinajstić information content (AvgIpc) is 2.53. The lowest BCUT2D eigenvalue weighted by Crippen LogP contribution is -2.15. The lowest BCUT2D eigenvalue weighted by Gasteiger charge is -2.19. The molecule has 0 bridgehead atoms. The largest absolute Gasteiger partial charge is 0.326 e. The second kappa shape index (κ2) is 6.73. The molecule has 3 heteroatoms. The maximum absolute atomic E-state index is 13.1. The number of carbonyl (C=O) groups is 1. The Hall–Kier alpha value is -2.16. The molecule has 2 nitrogen and oxygen atoms in total. The van der Waals surface area contributed by atoms with Crippen LogP contribution in [0.25, 0.3) is 0 Å². The van der Waals surface area contributed by atoms with Crippen molar-refractivity contribution >= 4 is 11.6 Å². The Labute approximate surface area is 130 Å². The van der Waals surface area contributed by atoms with Crippen molar-refractivity contribution in [2.45, 2.75) is 38.5 Å². The van der Waals surface area contributed by atoms with Crippen LogP contribution in [0.4, 0.5) is 10.1 Å². The Balaban J connectivity index is 1.62. The van der Waals surface area contributed by atoms with E-state index >= 15 is 0 Å². The lowest BCUT2D eigenvalue weighted by molar-refractivity contribution is -0.116. The molecule has 2 aromatic rings. The molecule has 1 amide bonds. The molecule has 22 heavy (non-hydrogen) atoms. The Morgan fingerprint density at radius 2 is 1.91 bits per heavy atom. The van der Waals surface area contributed by atoms with E-state index in [-0.39, 0.29) is 11.7 Å². The number of aryl methyl sites for hydroxylation is 2. The van der Waals surface area contributed by atoms with Gasteiger partial charge in [-0.05, 0) is 67.0 Å². The van der Waals surface area contributed by atoms with Gasteiger partial charge in [-0.25, -0.2) is 4.39 Å². The normalized spacial score (nSPS) is 13.5. The lowest BCUT2D eigenvalue weighted by atomic mass is 9.90. The summed E-state index contributed by atoms with van der Waals surface area (Å²) in [5.74, 6) is -0.265. The minimum atomic E-state index is -0.255. The number of carbonyl (C=O) groups excluding carboxylic acids is 1. The summed E-state index contributed by atoms with van der Waals surface area (Å²) in [5.41, 5.74) is 4.44. The van der Waals surface area contributed by atoms with Gasteiger partial charge in [-0.2, -0.15) is 0 Å². The van der Waals surface area contributed by atoms with Gasteiger partial charge < -0.3 is 5.32 Å². The van der Waals surface area contributed by atoms with E-state index in [1.54, 1.807) is 6.07 Å². The summed E-state index contributed by atoms with van der Waals surface area (Å²) in [6, 6.07) is 12.6. The van der Waals surface area contributed by atoms with E-state index in [0.717, 1.165) is 24.1 Å². The average molecular weight is 297 g/mol. The predicted octanol–water partition coefficient (Wildman–Crippen LogP) is 4.28. The Morgan fingerprint density at radius 1 is 1.09 bits per heavy atom. The molecule has 1 aliphatic carbocycles. The summed E-state index contributed by atoms with van der Waals surface area (Å²) in [4.78, 5) is 12.2. The highest BCUT2D eigenvalue weighted by Gasteiger charge is 2.14. The van der Waals surface area contributed by atoms with Gasteiger partial charge in [0.25, 0.3) is 0 Å². The summed E-state index contributed by atoms with van der Waals surface area (Å²) in [6.07, 6.45) is 5.47. The molecule has 0 aromatic heterocycles. The maximum Gasteiger partial charge on any atom is 0.224 e. The highest BCUT2D eigenvalue weighted by atomic mass is 19.1. The van der Waals surface area contributed by atoms with E-state index in [0.29, 0.717) is 12.8 Å². The highest BCUT2D eigenvalue weighted by molar-refractivity contribution is 5.91. The summed E-state index contributed by atoms with van der Waals surface area (Å²) in [5, 5.41) is 3.02. The zero-order valence-corrected chi connectivity index (χ0v) is 12.6. The van der Waals surface area contributed by atoms with Crippen LogP contribution in [-0.4, -0.2) is 5.91 Å². The molecule has 0 spiro atoms. The third-order valence-electron chi connectivity index (χ3n) is 4.20. The van der Waals surface area contributed by atoms with Gasteiger partial charge in [-0.15, -0.1) is 0 Å². The number of hydrogen-bond acceptors (Lipinski definition) is 1. The first-order valence-electron chi connectivity index (χ1n) is 7.87. The van der Waals surface area contributed by atoms with Crippen molar-refractivity contribution in [1.82, 2.24) is 0 Å². The number of amides is 1. The van der Waals surface area contributed by atoms with Crippen LogP contribution in [0, 0.1) is 5.82 Å². The smallest absolute Gasteiger partial charge is 0.224 e. The van der Waals surface area contributed by atoms with Crippen LogP contribution in [0.1, 0.15) is 36.0 Å². The molecule has 2 aromatic carbocycles. The summed E-state index contributed by atoms with van der Waals surface area (Å²) in [7, 11) is 0. The summed E-state index contributed by atoms with van der Waals surface area (Å²) < 4.78 is 13.1. The molecule has 1 aliphatic rings. The van der Waals surface area contributed by atoms with E-state index in [1.165, 1.54) is 36.1 Å². The molecular weight excluding hydrogens is 277 g/mol. The standard InChI is InChI=1S/C19H20FNO/c20-16-8-3-5-14(13-16)11-12-19(22)21-18-10-4-7-15-6-1-2-9-17(15)18/h3-5,7-8,10,13H,1-2,6,9,11-12H2,(H,21,22). The number of hydrogen-bond donors (Lipinski definition) is 1. The van der Waals surface area contributed by atoms with Gasteiger partial charge in [0.2, 0.25) is 5.91 Å². The molecule has 0 saturated carbocycles. The number of benzene rings is 2. The molecule has 3 rings (SSSR count). The first kappa shape index (κ1) is 14.8. The van der Waals surface area contributed by atoms with Crippen LogP contribution in [0.5, 0.6) is 0 Å². The second-order valence-electron chi connectivity index (χ2n) is 5.83. The fourth-order valence-electron chi connectivity index (χ4n) is 3.06. The molecule has 0 atom stereocenters. The van der Waals surface area contributed by atoms with Crippen molar-refractivity contribution in [2.75, 3.05) is 5.32 Å². The van der Waals surface area contributed by atoms with Gasteiger partial charge in [0.05, 0.1) is 0 Å². The Bertz CT molecular complexity index is 681. The van der Waals surface area contributed by atoms with Gasteiger partial charge in [-0.3, -0.25) is 4.79 Å². The van der Waals surface area contributed by atoms with E-state index in [9.17, 15) is 9.18 Å². The molecule has 0 heterocycles. The fraction of sp³-hybridized carbons (Fsp3) is 0.316. The van der Waals surface area contributed by atoms with Crippen molar-refractivity contribution in [3.63, 3.8) is 0 Å². The van der Waals surface area contributed by atoms with Gasteiger partial charge in [0, 0.05) is 12.1 Å². The molecule has 0 unspecified atom stereocenters. The third-order valence-corrected chi connectivity index (χ3v) is 4.20. The fourth-order valence-corrected chi connectivity index (χ4v) is 3.06. The van der Waals surface area contributed by atoms with Crippen LogP contribution < -0.4 is 5.32 Å². The van der Waals surface area contributed by atoms with Crippen LogP contribution in [-0.2, 0) is 24.1 Å². The number of nitrogens with one attached hydrogen (secondary N) is 1. The summed E-state index contributed by atoms with van der Waals surface area (Å²) in [6.45, 7) is 0. The zero-order chi connectivity index (χ0) is 15.4. The van der Waals surface area contributed by atoms with Crippen molar-refractivity contribution in [2.24, 2.45) is 0 Å². The number of fused-ring (bicyclic) bond motifs is 1. The minimum absolute atomic E-state index is 0.0109. The van der Waals surface area contributed by atoms with Crippen LogP contribution in [0.2, 0.25) is 0 Å². The minimum Gasteiger partial charge on any atom is -0.326 e. The number of rotatable bonds is 4. The van der Waals surface area contributed by atoms with E-state index in [2.05, 4.69) is 11.4 Å². The zero-order valence-electron chi connectivity index (χ0n) is 12.6. The van der Waals surface area contributed by atoms with Crippen molar-refractivity contribution in [3.05, 3.63) is 65.0 Å². The van der Waals surface area contributed by atoms with Gasteiger partial charge in [0.15, 0.2) is 0 Å². The van der Waals surface area contributed by atoms with Crippen molar-refractivity contribution in [3.8, 4) is 0 Å². The molecule has 0 fully saturated rings. The van der Waals surface area contributed by atoms with Gasteiger partial charge in [0.1, 0.15) is 5.82 Å². The molecule has 0 radical (unpaired) electrons. The number of halogens is 1. The molecule has 0 saturated heterocycles. The Kier molecular flexibility index (Phi) is 4.52.